The summed E-state index contributed by atoms with van der Waals surface area (Å²) in [6, 6.07) is 18.2. The molecule has 2 aromatic carbocycles. The number of Topliss-reactive ketones (excluding diaryl/α,β-unsaturated/α-hetero) is 1. The third-order valence-corrected chi connectivity index (χ3v) is 9.20. The van der Waals surface area contributed by atoms with Crippen LogP contribution in [0.2, 0.25) is 0 Å². The Hall–Kier alpha value is -4.07. The number of ketones is 1. The van der Waals surface area contributed by atoms with Gasteiger partial charge in [-0.1, -0.05) is 36.4 Å². The third-order valence-electron chi connectivity index (χ3n) is 8.34. The lowest BCUT2D eigenvalue weighted by atomic mass is 9.90. The Morgan fingerprint density at radius 1 is 0.909 bits per heavy atom. The van der Waals surface area contributed by atoms with Gasteiger partial charge in [0, 0.05) is 56.9 Å². The highest BCUT2D eigenvalue weighted by Crippen LogP contribution is 2.25. The van der Waals surface area contributed by atoms with E-state index in [0.29, 0.717) is 55.2 Å². The average molecular weight is 615 g/mol. The Bertz CT molecular complexity index is 1580. The van der Waals surface area contributed by atoms with Gasteiger partial charge >= 0.3 is 0 Å². The summed E-state index contributed by atoms with van der Waals surface area (Å²) in [5.74, 6) is 1.01. The molecule has 0 spiro atoms. The summed E-state index contributed by atoms with van der Waals surface area (Å²) in [4.78, 5) is 37.9. The minimum absolute atomic E-state index is 0.0120. The van der Waals surface area contributed by atoms with E-state index in [-0.39, 0.29) is 23.5 Å². The van der Waals surface area contributed by atoms with Crippen molar-refractivity contribution >= 4 is 27.2 Å². The molecule has 1 amide bonds. The summed E-state index contributed by atoms with van der Waals surface area (Å²) < 4.78 is 29.0. The van der Waals surface area contributed by atoms with Crippen molar-refractivity contribution in [1.82, 2.24) is 14.8 Å². The molecule has 3 aromatic rings. The van der Waals surface area contributed by atoms with Gasteiger partial charge in [0.1, 0.15) is 17.5 Å². The van der Waals surface area contributed by atoms with Crippen molar-refractivity contribution in [1.29, 1.82) is 0 Å². The van der Waals surface area contributed by atoms with Crippen LogP contribution in [0.3, 0.4) is 0 Å². The van der Waals surface area contributed by atoms with E-state index in [4.69, 9.17) is 11.3 Å². The smallest absolute Gasteiger partial charge is 0.272 e. The number of likely N-dealkylation sites (tertiary alicyclic amines) is 2. The van der Waals surface area contributed by atoms with Gasteiger partial charge in [-0.3, -0.25) is 19.5 Å². The van der Waals surface area contributed by atoms with Crippen LogP contribution in [0.4, 0.5) is 5.69 Å². The van der Waals surface area contributed by atoms with Crippen LogP contribution in [0.5, 0.6) is 5.75 Å². The molecular formula is C34H38N4O5S. The second kappa shape index (κ2) is 14.1. The number of aromatic nitrogens is 1. The third kappa shape index (κ3) is 8.74. The van der Waals surface area contributed by atoms with E-state index in [9.17, 15) is 18.0 Å². The van der Waals surface area contributed by atoms with Crippen LogP contribution in [0.15, 0.2) is 66.9 Å². The highest BCUT2D eigenvalue weighted by Gasteiger charge is 2.26. The lowest BCUT2D eigenvalue weighted by Gasteiger charge is -2.32. The maximum absolute atomic E-state index is 13.0. The molecule has 10 heteroatoms. The van der Waals surface area contributed by atoms with E-state index in [0.717, 1.165) is 49.4 Å². The molecule has 2 aliphatic rings. The first-order chi connectivity index (χ1) is 21.1. The minimum Gasteiger partial charge on any atom is -0.490 e. The number of nitrogens with zero attached hydrogens (tertiary/aromatic N) is 4. The van der Waals surface area contributed by atoms with Gasteiger partial charge in [0.15, 0.2) is 21.3 Å². The molecule has 2 saturated heterocycles. The zero-order valence-corrected chi connectivity index (χ0v) is 25.8. The molecule has 230 valence electrons. The average Bonchev–Trinajstić information content (AvgIpc) is 3.03. The predicted molar refractivity (Wildman–Crippen MR) is 168 cm³/mol. The van der Waals surface area contributed by atoms with E-state index < -0.39 is 9.84 Å². The van der Waals surface area contributed by atoms with Gasteiger partial charge < -0.3 is 9.64 Å². The summed E-state index contributed by atoms with van der Waals surface area (Å²) in [5, 5.41) is 0. The fourth-order valence-corrected chi connectivity index (χ4v) is 6.64. The molecule has 44 heavy (non-hydrogen) atoms. The van der Waals surface area contributed by atoms with Gasteiger partial charge in [0.25, 0.3) is 5.91 Å². The van der Waals surface area contributed by atoms with Crippen LogP contribution in [-0.2, 0) is 22.1 Å². The number of carbonyl (C=O) groups excluding carboxylic acids is 2. The van der Waals surface area contributed by atoms with Gasteiger partial charge in [0.05, 0.1) is 12.3 Å². The number of benzene rings is 2. The Morgan fingerprint density at radius 3 is 2.16 bits per heavy atom. The molecule has 3 heterocycles. The molecule has 9 nitrogen and oxygen atoms in total. The minimum atomic E-state index is -3.04. The lowest BCUT2D eigenvalue weighted by molar-refractivity contribution is 0.0589. The quantitative estimate of drug-likeness (QED) is 0.224. The molecule has 2 fully saturated rings. The van der Waals surface area contributed by atoms with Crippen molar-refractivity contribution < 1.29 is 22.7 Å². The molecule has 0 N–H and O–H groups in total. The standard InChI is InChI=1S/C34H38N4O5S/c1-35-29-8-10-30(11-9-29)43-31-15-19-38(20-16-31)34(40)32-12-7-28(22-36-32)33(39)21-25-13-17-37(18-14-25)23-26-3-5-27(6-4-26)24-44(2,41)42/h3-12,22,25,31H,13-21,23-24H2,2H3. The van der Waals surface area contributed by atoms with Crippen LogP contribution in [0, 0.1) is 12.5 Å². The SMILES string of the molecule is [C-]#[N+]c1ccc(OC2CCN(C(=O)c3ccc(C(=O)CC4CCN(Cc5ccc(CS(C)(=O)=O)cc5)CC4)cn3)CC2)cc1. The fourth-order valence-electron chi connectivity index (χ4n) is 5.85. The van der Waals surface area contributed by atoms with E-state index in [2.05, 4.69) is 14.7 Å². The van der Waals surface area contributed by atoms with Crippen LogP contribution in [0.25, 0.3) is 4.85 Å². The van der Waals surface area contributed by atoms with E-state index in [1.54, 1.807) is 41.3 Å². The monoisotopic (exact) mass is 614 g/mol. The summed E-state index contributed by atoms with van der Waals surface area (Å²) in [6.45, 7) is 10.8. The normalized spacial score (nSPS) is 16.8. The number of ether oxygens (including phenoxy) is 1. The van der Waals surface area contributed by atoms with E-state index in [1.807, 2.05) is 24.3 Å². The molecule has 1 aromatic heterocycles. The molecule has 0 saturated carbocycles. The molecule has 0 aliphatic carbocycles. The van der Waals surface area contributed by atoms with Crippen molar-refractivity contribution in [3.05, 3.63) is 101 Å². The number of hydrogen-bond donors (Lipinski definition) is 0. The number of sulfone groups is 1. The first-order valence-electron chi connectivity index (χ1n) is 15.1. The van der Waals surface area contributed by atoms with Gasteiger partial charge in [0.2, 0.25) is 0 Å². The van der Waals surface area contributed by atoms with Crippen LogP contribution in [-0.4, -0.2) is 73.4 Å². The molecule has 2 aliphatic heterocycles. The van der Waals surface area contributed by atoms with Crippen molar-refractivity contribution in [3.8, 4) is 5.75 Å². The first kappa shape index (κ1) is 31.4. The number of pyridine rings is 1. The molecule has 0 radical (unpaired) electrons. The molecule has 5 rings (SSSR count). The van der Waals surface area contributed by atoms with Gasteiger partial charge in [-0.15, -0.1) is 0 Å². The van der Waals surface area contributed by atoms with Crippen LogP contribution < -0.4 is 4.74 Å². The number of carbonyl (C=O) groups is 2. The molecule has 0 unspecified atom stereocenters. The van der Waals surface area contributed by atoms with Crippen LogP contribution in [0.1, 0.15) is 64.1 Å². The van der Waals surface area contributed by atoms with Crippen LogP contribution >= 0.6 is 0 Å². The largest absolute Gasteiger partial charge is 0.490 e. The summed E-state index contributed by atoms with van der Waals surface area (Å²) in [5.41, 5.74) is 3.40. The maximum atomic E-state index is 13.0. The molecule has 0 atom stereocenters. The summed E-state index contributed by atoms with van der Waals surface area (Å²) in [7, 11) is -3.04. The Labute approximate surface area is 259 Å². The molecule has 0 bridgehead atoms. The van der Waals surface area contributed by atoms with E-state index in [1.165, 1.54) is 12.5 Å². The Balaban J connectivity index is 1.04. The molecular weight excluding hydrogens is 576 g/mol. The van der Waals surface area contributed by atoms with Crippen molar-refractivity contribution in [2.24, 2.45) is 5.92 Å². The number of piperidine rings is 2. The fraction of sp³-hybridized carbons (Fsp3) is 0.412. The summed E-state index contributed by atoms with van der Waals surface area (Å²) in [6.07, 6.45) is 6.55. The Kier molecular flexibility index (Phi) is 10.1. The van der Waals surface area contributed by atoms with Gasteiger partial charge in [-0.25, -0.2) is 13.3 Å². The number of rotatable bonds is 10. The second-order valence-electron chi connectivity index (χ2n) is 11.9. The highest BCUT2D eigenvalue weighted by molar-refractivity contribution is 7.89. The van der Waals surface area contributed by atoms with Gasteiger partial charge in [-0.05, 0) is 67.2 Å². The Morgan fingerprint density at radius 2 is 1.57 bits per heavy atom. The summed E-state index contributed by atoms with van der Waals surface area (Å²) >= 11 is 0. The first-order valence-corrected chi connectivity index (χ1v) is 17.1. The zero-order chi connectivity index (χ0) is 31.1. The lowest BCUT2D eigenvalue weighted by Crippen LogP contribution is -2.42. The topological polar surface area (TPSA) is 101 Å². The van der Waals surface area contributed by atoms with Crippen molar-refractivity contribution in [3.63, 3.8) is 0 Å². The second-order valence-corrected chi connectivity index (χ2v) is 14.0. The number of hydrogen-bond acceptors (Lipinski definition) is 7. The predicted octanol–water partition coefficient (Wildman–Crippen LogP) is 5.35. The van der Waals surface area contributed by atoms with Gasteiger partial charge in [-0.2, -0.15) is 0 Å². The van der Waals surface area contributed by atoms with Crippen molar-refractivity contribution in [2.75, 3.05) is 32.4 Å². The van der Waals surface area contributed by atoms with E-state index >= 15 is 0 Å². The van der Waals surface area contributed by atoms with Crippen molar-refractivity contribution in [2.45, 2.75) is 50.5 Å². The number of amides is 1. The maximum Gasteiger partial charge on any atom is 0.272 e. The zero-order valence-electron chi connectivity index (χ0n) is 25.0. The highest BCUT2D eigenvalue weighted by atomic mass is 32.2.